The number of nitrogens with one attached hydrogen (secondary N) is 1. The van der Waals surface area contributed by atoms with Gasteiger partial charge in [-0.3, -0.25) is 9.59 Å². The Morgan fingerprint density at radius 3 is 2.65 bits per heavy atom. The second kappa shape index (κ2) is 6.96. The Morgan fingerprint density at radius 1 is 1.35 bits per heavy atom. The topological polar surface area (TPSA) is 95.9 Å². The lowest BCUT2D eigenvalue weighted by Crippen LogP contribution is -2.53. The Bertz CT molecular complexity index is 430. The van der Waals surface area contributed by atoms with Gasteiger partial charge in [-0.15, -0.1) is 0 Å². The molecule has 1 fully saturated rings. The fraction of sp³-hybridized carbons (Fsp3) is 0.500. The maximum atomic E-state index is 11.8. The minimum Gasteiger partial charge on any atom is -0.481 e. The molecule has 2 atom stereocenters. The number of carboxylic acid groups (broad SMARTS) is 1. The molecule has 2 heterocycles. The fourth-order valence-electron chi connectivity index (χ4n) is 2.25. The summed E-state index contributed by atoms with van der Waals surface area (Å²) in [4.78, 5) is 22.4. The normalized spacial score (nSPS) is 26.9. The number of amides is 1. The van der Waals surface area contributed by atoms with Crippen molar-refractivity contribution < 1.29 is 24.4 Å². The minimum atomic E-state index is -1.14. The van der Waals surface area contributed by atoms with E-state index in [9.17, 15) is 14.6 Å². The zero-order chi connectivity index (χ0) is 14.5. The molecule has 20 heavy (non-hydrogen) atoms. The van der Waals surface area contributed by atoms with Crippen LogP contribution in [0, 0.1) is 0 Å². The molecule has 0 saturated carbocycles. The van der Waals surface area contributed by atoms with Crippen LogP contribution >= 0.6 is 10.9 Å². The second-order valence-corrected chi connectivity index (χ2v) is 6.79. The maximum Gasteiger partial charge on any atom is 0.478 e. The van der Waals surface area contributed by atoms with E-state index in [0.29, 0.717) is 18.6 Å². The SMILES string of the molecule is O=C(O)C[C@@H]1CC[C@@H](NC(=O)C[SH]2C=CC=C2)B(O)O1. The molecule has 1 amide bonds. The van der Waals surface area contributed by atoms with Gasteiger partial charge in [0.1, 0.15) is 0 Å². The Kier molecular flexibility index (Phi) is 5.27. The highest BCUT2D eigenvalue weighted by atomic mass is 32.2. The van der Waals surface area contributed by atoms with Gasteiger partial charge in [0.2, 0.25) is 5.91 Å². The number of carboxylic acids is 1. The van der Waals surface area contributed by atoms with Crippen LogP contribution in [-0.4, -0.2) is 46.9 Å². The van der Waals surface area contributed by atoms with E-state index < -0.39 is 36.0 Å². The summed E-state index contributed by atoms with van der Waals surface area (Å²) in [5, 5.41) is 25.3. The van der Waals surface area contributed by atoms with E-state index in [1.807, 2.05) is 23.0 Å². The van der Waals surface area contributed by atoms with Gasteiger partial charge in [0.15, 0.2) is 0 Å². The first-order valence-electron chi connectivity index (χ1n) is 6.50. The number of aliphatic carboxylic acids is 1. The summed E-state index contributed by atoms with van der Waals surface area (Å²) in [5.74, 6) is -1.12. The van der Waals surface area contributed by atoms with Crippen molar-refractivity contribution in [1.29, 1.82) is 0 Å². The van der Waals surface area contributed by atoms with Gasteiger partial charge in [-0.05, 0) is 23.7 Å². The summed E-state index contributed by atoms with van der Waals surface area (Å²) < 4.78 is 5.22. The van der Waals surface area contributed by atoms with Crippen molar-refractivity contribution in [2.24, 2.45) is 0 Å². The number of carbonyl (C=O) groups is 2. The standard InChI is InChI=1S/C12H18BNO5S/c15-11(8-20-5-1-2-6-20)14-10-4-3-9(7-12(16)17)19-13(10)18/h1-2,5-6,9-10,18,20H,3-4,7-8H2,(H,14,15)(H,16,17)/t9-,10+/m0/s1. The highest BCUT2D eigenvalue weighted by Crippen LogP contribution is 2.32. The molecule has 3 N–H and O–H groups in total. The van der Waals surface area contributed by atoms with E-state index in [1.165, 1.54) is 0 Å². The Morgan fingerprint density at radius 2 is 2.05 bits per heavy atom. The highest BCUT2D eigenvalue weighted by molar-refractivity contribution is 8.22. The van der Waals surface area contributed by atoms with Gasteiger partial charge in [-0.2, -0.15) is 0 Å². The molecular formula is C12H18BNO5S. The van der Waals surface area contributed by atoms with E-state index in [-0.39, 0.29) is 12.3 Å². The lowest BCUT2D eigenvalue weighted by Gasteiger charge is -2.31. The van der Waals surface area contributed by atoms with Crippen molar-refractivity contribution in [2.75, 3.05) is 5.75 Å². The molecule has 0 aliphatic carbocycles. The number of allylic oxidation sites excluding steroid dienone is 2. The minimum absolute atomic E-state index is 0.114. The molecular weight excluding hydrogens is 281 g/mol. The molecule has 0 aromatic heterocycles. The third kappa shape index (κ3) is 4.40. The van der Waals surface area contributed by atoms with Crippen LogP contribution < -0.4 is 5.32 Å². The molecule has 0 spiro atoms. The summed E-state index contributed by atoms with van der Waals surface area (Å²) in [6.45, 7) is 0. The molecule has 2 aliphatic rings. The van der Waals surface area contributed by atoms with Crippen molar-refractivity contribution in [3.8, 4) is 0 Å². The largest absolute Gasteiger partial charge is 0.481 e. The average molecular weight is 299 g/mol. The molecule has 0 radical (unpaired) electrons. The first-order chi connectivity index (χ1) is 9.54. The first-order valence-corrected chi connectivity index (χ1v) is 8.16. The molecule has 8 heteroatoms. The monoisotopic (exact) mass is 299 g/mol. The predicted molar refractivity (Wildman–Crippen MR) is 78.4 cm³/mol. The zero-order valence-electron chi connectivity index (χ0n) is 10.9. The quantitative estimate of drug-likeness (QED) is 0.429. The van der Waals surface area contributed by atoms with Crippen LogP contribution in [-0.2, 0) is 14.2 Å². The van der Waals surface area contributed by atoms with Crippen molar-refractivity contribution in [2.45, 2.75) is 31.3 Å². The molecule has 6 nitrogen and oxygen atoms in total. The fourth-order valence-corrected chi connectivity index (χ4v) is 3.62. The van der Waals surface area contributed by atoms with Gasteiger partial charge in [0.25, 0.3) is 0 Å². The second-order valence-electron chi connectivity index (χ2n) is 4.85. The Hall–Kier alpha value is -1.25. The Labute approximate surface area is 120 Å². The zero-order valence-corrected chi connectivity index (χ0v) is 11.8. The lowest BCUT2D eigenvalue weighted by atomic mass is 9.72. The van der Waals surface area contributed by atoms with Crippen LogP contribution in [0.1, 0.15) is 19.3 Å². The van der Waals surface area contributed by atoms with Gasteiger partial charge in [0.05, 0.1) is 24.2 Å². The van der Waals surface area contributed by atoms with Gasteiger partial charge in [-0.1, -0.05) is 12.2 Å². The third-order valence-corrected chi connectivity index (χ3v) is 4.98. The molecule has 0 aromatic carbocycles. The van der Waals surface area contributed by atoms with Gasteiger partial charge < -0.3 is 20.1 Å². The van der Waals surface area contributed by atoms with Crippen molar-refractivity contribution in [3.05, 3.63) is 23.0 Å². The number of carbonyl (C=O) groups excluding carboxylic acids is 1. The third-order valence-electron chi connectivity index (χ3n) is 3.22. The van der Waals surface area contributed by atoms with Crippen molar-refractivity contribution >= 4 is 29.9 Å². The van der Waals surface area contributed by atoms with Gasteiger partial charge >= 0.3 is 13.1 Å². The lowest BCUT2D eigenvalue weighted by molar-refractivity contribution is -0.139. The summed E-state index contributed by atoms with van der Waals surface area (Å²) in [7, 11) is -1.66. The summed E-state index contributed by atoms with van der Waals surface area (Å²) in [6.07, 6.45) is 4.28. The van der Waals surface area contributed by atoms with Crippen LogP contribution in [0.3, 0.4) is 0 Å². The molecule has 2 rings (SSSR count). The smallest absolute Gasteiger partial charge is 0.478 e. The molecule has 1 saturated heterocycles. The molecule has 0 unspecified atom stereocenters. The van der Waals surface area contributed by atoms with Gasteiger partial charge in [0, 0.05) is 0 Å². The highest BCUT2D eigenvalue weighted by Gasteiger charge is 2.36. The van der Waals surface area contributed by atoms with Crippen LogP contribution in [0.4, 0.5) is 0 Å². The molecule has 2 aliphatic heterocycles. The number of hydrogen-bond donors (Lipinski definition) is 4. The van der Waals surface area contributed by atoms with E-state index in [0.717, 1.165) is 0 Å². The number of thiol groups is 1. The van der Waals surface area contributed by atoms with Crippen LogP contribution in [0.5, 0.6) is 0 Å². The van der Waals surface area contributed by atoms with Gasteiger partial charge in [-0.25, -0.2) is 10.9 Å². The Balaban J connectivity index is 1.76. The average Bonchev–Trinajstić information content (AvgIpc) is 2.84. The van der Waals surface area contributed by atoms with Crippen molar-refractivity contribution in [3.63, 3.8) is 0 Å². The number of rotatable bonds is 5. The van der Waals surface area contributed by atoms with Crippen LogP contribution in [0.2, 0.25) is 0 Å². The van der Waals surface area contributed by atoms with Crippen LogP contribution in [0.15, 0.2) is 23.0 Å². The molecule has 110 valence electrons. The van der Waals surface area contributed by atoms with E-state index in [1.54, 1.807) is 0 Å². The van der Waals surface area contributed by atoms with Crippen LogP contribution in [0.25, 0.3) is 0 Å². The summed E-state index contributed by atoms with van der Waals surface area (Å²) in [6, 6.07) is 0. The van der Waals surface area contributed by atoms with E-state index in [2.05, 4.69) is 5.32 Å². The van der Waals surface area contributed by atoms with Crippen molar-refractivity contribution in [1.82, 2.24) is 5.32 Å². The predicted octanol–water partition coefficient (Wildman–Crippen LogP) is 0.187. The van der Waals surface area contributed by atoms with E-state index in [4.69, 9.17) is 9.76 Å². The molecule has 0 aromatic rings. The first kappa shape index (κ1) is 15.1. The maximum absolute atomic E-state index is 11.8. The summed E-state index contributed by atoms with van der Waals surface area (Å²) >= 11 is 0. The number of hydrogen-bond acceptors (Lipinski definition) is 4. The van der Waals surface area contributed by atoms with E-state index >= 15 is 0 Å². The summed E-state index contributed by atoms with van der Waals surface area (Å²) in [5.41, 5.74) is 0. The molecule has 0 bridgehead atoms.